The summed E-state index contributed by atoms with van der Waals surface area (Å²) in [6.07, 6.45) is 2.37. The highest BCUT2D eigenvalue weighted by Gasteiger charge is 2.48. The Morgan fingerprint density at radius 3 is 2.24 bits per heavy atom. The Labute approximate surface area is 213 Å². The van der Waals surface area contributed by atoms with Crippen molar-refractivity contribution in [2.45, 2.75) is 84.0 Å². The third-order valence-electron chi connectivity index (χ3n) is 5.45. The number of halogens is 2. The number of amides is 2. The molecular formula is C24H32BrClN2O4S. The van der Waals surface area contributed by atoms with E-state index in [1.807, 2.05) is 18.2 Å². The molecule has 2 atom stereocenters. The number of thioether (sulfide) groups is 1. The largest absolute Gasteiger partial charge is 0.443 e. The number of benzene rings is 1. The third-order valence-corrected chi connectivity index (χ3v) is 7.23. The highest BCUT2D eigenvalue weighted by Crippen LogP contribution is 2.50. The van der Waals surface area contributed by atoms with E-state index in [2.05, 4.69) is 15.9 Å². The number of rotatable bonds is 1. The maximum atomic E-state index is 13.2. The smallest absolute Gasteiger partial charge is 0.426 e. The molecule has 182 valence electrons. The minimum Gasteiger partial charge on any atom is -0.443 e. The first kappa shape index (κ1) is 26.4. The van der Waals surface area contributed by atoms with Gasteiger partial charge in [0.25, 0.3) is 0 Å². The number of amidine groups is 1. The zero-order chi connectivity index (χ0) is 24.6. The van der Waals surface area contributed by atoms with Gasteiger partial charge in [-0.2, -0.15) is 4.90 Å². The van der Waals surface area contributed by atoms with Crippen LogP contribution in [0.5, 0.6) is 0 Å². The molecule has 0 N–H and O–H groups in total. The molecule has 33 heavy (non-hydrogen) atoms. The molecular weight excluding hydrogens is 528 g/mol. The van der Waals surface area contributed by atoms with Gasteiger partial charge in [0, 0.05) is 15.2 Å². The fraction of sp³-hybridized carbons (Fsp3) is 0.625. The first-order chi connectivity index (χ1) is 15.2. The summed E-state index contributed by atoms with van der Waals surface area (Å²) in [5.41, 5.74) is -1.15. The summed E-state index contributed by atoms with van der Waals surface area (Å²) >= 11 is 11.3. The Balaban J connectivity index is 2.11. The zero-order valence-corrected chi connectivity index (χ0v) is 23.2. The fourth-order valence-corrected chi connectivity index (χ4v) is 6.34. The normalized spacial score (nSPS) is 23.3. The lowest BCUT2D eigenvalue weighted by atomic mass is 9.70. The summed E-state index contributed by atoms with van der Waals surface area (Å²) in [6.45, 7) is 10.6. The van der Waals surface area contributed by atoms with Gasteiger partial charge in [0.2, 0.25) is 0 Å². The number of nitrogens with zero attached hydrogens (tertiary/aromatic N) is 2. The van der Waals surface area contributed by atoms with Crippen molar-refractivity contribution in [1.29, 1.82) is 0 Å². The summed E-state index contributed by atoms with van der Waals surface area (Å²) in [7, 11) is 0. The SMILES string of the molecule is CC(C)(C)OC(=O)N(C(=O)OC(C)(C)C)C1=N[C@@]2(c3cc(Cl)cc(Br)c3)CCCC[C@H]2CS1. The maximum Gasteiger partial charge on any atom is 0.426 e. The van der Waals surface area contributed by atoms with Crippen molar-refractivity contribution in [3.63, 3.8) is 0 Å². The molecule has 1 heterocycles. The lowest BCUT2D eigenvalue weighted by molar-refractivity contribution is 0.0149. The molecule has 1 aliphatic carbocycles. The Morgan fingerprint density at radius 2 is 1.70 bits per heavy atom. The quantitative estimate of drug-likeness (QED) is 0.352. The molecule has 0 spiro atoms. The lowest BCUT2D eigenvalue weighted by Crippen LogP contribution is -2.50. The summed E-state index contributed by atoms with van der Waals surface area (Å²) in [5.74, 6) is 0.995. The molecule has 1 aliphatic heterocycles. The third kappa shape index (κ3) is 6.45. The van der Waals surface area contributed by atoms with Crippen LogP contribution >= 0.6 is 39.3 Å². The summed E-state index contributed by atoms with van der Waals surface area (Å²) < 4.78 is 12.0. The van der Waals surface area contributed by atoms with Crippen LogP contribution in [0.4, 0.5) is 9.59 Å². The van der Waals surface area contributed by atoms with E-state index in [0.29, 0.717) is 10.2 Å². The minimum atomic E-state index is -0.792. The average Bonchev–Trinajstić information content (AvgIpc) is 2.64. The highest BCUT2D eigenvalue weighted by atomic mass is 79.9. The topological polar surface area (TPSA) is 68.2 Å². The number of aliphatic imine (C=N–C) groups is 1. The molecule has 1 aromatic rings. The van der Waals surface area contributed by atoms with Crippen LogP contribution in [0.15, 0.2) is 27.7 Å². The predicted octanol–water partition coefficient (Wildman–Crippen LogP) is 7.76. The Hall–Kier alpha value is -1.25. The van der Waals surface area contributed by atoms with Gasteiger partial charge < -0.3 is 9.47 Å². The Kier molecular flexibility index (Phi) is 7.81. The van der Waals surface area contributed by atoms with Gasteiger partial charge in [0.1, 0.15) is 11.2 Å². The summed E-state index contributed by atoms with van der Waals surface area (Å²) in [4.78, 5) is 32.4. The van der Waals surface area contributed by atoms with Crippen LogP contribution in [0.25, 0.3) is 0 Å². The van der Waals surface area contributed by atoms with Crippen LogP contribution in [0.3, 0.4) is 0 Å². The second kappa shape index (κ2) is 9.78. The molecule has 9 heteroatoms. The number of ether oxygens (including phenoxy) is 2. The van der Waals surface area contributed by atoms with Gasteiger partial charge in [-0.25, -0.2) is 14.6 Å². The average molecular weight is 560 g/mol. The molecule has 0 unspecified atom stereocenters. The van der Waals surface area contributed by atoms with Crippen LogP contribution in [0.2, 0.25) is 5.02 Å². The van der Waals surface area contributed by atoms with Crippen molar-refractivity contribution in [1.82, 2.24) is 4.90 Å². The number of hydrogen-bond acceptors (Lipinski definition) is 6. The highest BCUT2D eigenvalue weighted by molar-refractivity contribution is 9.10. The second-order valence-electron chi connectivity index (χ2n) is 10.5. The van der Waals surface area contributed by atoms with E-state index in [4.69, 9.17) is 26.1 Å². The number of imide groups is 1. The van der Waals surface area contributed by atoms with Crippen molar-refractivity contribution in [3.8, 4) is 0 Å². The Bertz CT molecular complexity index is 909. The van der Waals surface area contributed by atoms with Crippen LogP contribution < -0.4 is 0 Å². The molecule has 0 aromatic heterocycles. The molecule has 1 fully saturated rings. The van der Waals surface area contributed by atoms with Gasteiger partial charge in [0.05, 0.1) is 5.54 Å². The van der Waals surface area contributed by atoms with Gasteiger partial charge in [-0.3, -0.25) is 0 Å². The Morgan fingerprint density at radius 1 is 1.09 bits per heavy atom. The van der Waals surface area contributed by atoms with Crippen molar-refractivity contribution in [2.75, 3.05) is 5.75 Å². The van der Waals surface area contributed by atoms with E-state index in [-0.39, 0.29) is 5.92 Å². The van der Waals surface area contributed by atoms with Gasteiger partial charge in [-0.1, -0.05) is 52.1 Å². The molecule has 2 amide bonds. The van der Waals surface area contributed by atoms with E-state index in [9.17, 15) is 9.59 Å². The van der Waals surface area contributed by atoms with Crippen molar-refractivity contribution < 1.29 is 19.1 Å². The first-order valence-corrected chi connectivity index (χ1v) is 13.3. The molecule has 1 aromatic carbocycles. The lowest BCUT2D eigenvalue weighted by Gasteiger charge is -2.45. The second-order valence-corrected chi connectivity index (χ2v) is 12.9. The standard InChI is InChI=1S/C24H32BrClN2O4S/c1-22(2,3)31-20(29)28(21(30)32-23(4,5)6)19-27-24(10-8-7-9-15(24)14-33-19)16-11-17(25)13-18(26)12-16/h11-13,15H,7-10,14H2,1-6H3/t15-,24-/m0/s1. The van der Waals surface area contributed by atoms with Gasteiger partial charge in [-0.15, -0.1) is 0 Å². The molecule has 2 aliphatic rings. The van der Waals surface area contributed by atoms with E-state index < -0.39 is 28.9 Å². The molecule has 6 nitrogen and oxygen atoms in total. The zero-order valence-electron chi connectivity index (χ0n) is 20.0. The molecule has 1 saturated carbocycles. The van der Waals surface area contributed by atoms with E-state index in [1.54, 1.807) is 41.5 Å². The van der Waals surface area contributed by atoms with Crippen LogP contribution in [0, 0.1) is 5.92 Å². The molecule has 3 rings (SSSR count). The number of carbonyl (C=O) groups excluding carboxylic acids is 2. The van der Waals surface area contributed by atoms with Gasteiger partial charge in [0.15, 0.2) is 5.17 Å². The summed E-state index contributed by atoms with van der Waals surface area (Å²) in [6, 6.07) is 5.81. The van der Waals surface area contributed by atoms with Gasteiger partial charge in [-0.05, 0) is 84.1 Å². The van der Waals surface area contributed by atoms with E-state index in [0.717, 1.165) is 46.4 Å². The van der Waals surface area contributed by atoms with Crippen LogP contribution in [-0.4, -0.2) is 39.2 Å². The monoisotopic (exact) mass is 558 g/mol. The first-order valence-electron chi connectivity index (χ1n) is 11.2. The van der Waals surface area contributed by atoms with Crippen LogP contribution in [0.1, 0.15) is 72.8 Å². The van der Waals surface area contributed by atoms with Crippen molar-refractivity contribution in [2.24, 2.45) is 10.9 Å². The van der Waals surface area contributed by atoms with Gasteiger partial charge >= 0.3 is 12.2 Å². The van der Waals surface area contributed by atoms with E-state index in [1.165, 1.54) is 11.8 Å². The maximum absolute atomic E-state index is 13.2. The molecule has 0 radical (unpaired) electrons. The molecule has 0 bridgehead atoms. The predicted molar refractivity (Wildman–Crippen MR) is 137 cm³/mol. The number of carbonyl (C=O) groups is 2. The fourth-order valence-electron chi connectivity index (χ4n) is 4.18. The summed E-state index contributed by atoms with van der Waals surface area (Å²) in [5, 5.41) is 0.914. The number of hydrogen-bond donors (Lipinski definition) is 0. The minimum absolute atomic E-state index is 0.268. The number of fused-ring (bicyclic) bond motifs is 1. The van der Waals surface area contributed by atoms with E-state index >= 15 is 0 Å². The molecule has 0 saturated heterocycles. The van der Waals surface area contributed by atoms with Crippen molar-refractivity contribution >= 4 is 56.6 Å². The van der Waals surface area contributed by atoms with Crippen molar-refractivity contribution in [3.05, 3.63) is 33.3 Å². The van der Waals surface area contributed by atoms with Crippen LogP contribution in [-0.2, 0) is 15.0 Å².